The average Bonchev–Trinajstić information content (AvgIpc) is 3.18. The maximum absolute atomic E-state index is 13.0. The number of hydrogen-bond acceptors (Lipinski definition) is 4. The third-order valence-corrected chi connectivity index (χ3v) is 6.79. The maximum Gasteiger partial charge on any atom is 0.255 e. The Balaban J connectivity index is 1.38. The minimum absolute atomic E-state index is 0.0861. The zero-order valence-corrected chi connectivity index (χ0v) is 17.1. The standard InChI is InChI=1S/C22H31N3O3/c1-16-12-17(2)23-13-19(16)21(27)24-9-7-22(8-10-24)6-5-20(26)25(15-22)14-18-4-3-11-28-18/h12-13,18H,3-11,14-15H2,1-2H3/t18-/m0/s1. The normalized spacial score (nSPS) is 24.8. The van der Waals surface area contributed by atoms with Crippen molar-refractivity contribution in [2.45, 2.75) is 58.5 Å². The van der Waals surface area contributed by atoms with Crippen LogP contribution in [0.5, 0.6) is 0 Å². The van der Waals surface area contributed by atoms with Gasteiger partial charge < -0.3 is 14.5 Å². The van der Waals surface area contributed by atoms with Crippen LogP contribution in [0.3, 0.4) is 0 Å². The number of ether oxygens (including phenoxy) is 1. The summed E-state index contributed by atoms with van der Waals surface area (Å²) < 4.78 is 5.74. The predicted molar refractivity (Wildman–Crippen MR) is 106 cm³/mol. The van der Waals surface area contributed by atoms with Crippen molar-refractivity contribution in [3.8, 4) is 0 Å². The second-order valence-electron chi connectivity index (χ2n) is 8.84. The molecule has 3 aliphatic heterocycles. The zero-order chi connectivity index (χ0) is 19.7. The summed E-state index contributed by atoms with van der Waals surface area (Å²) in [7, 11) is 0. The van der Waals surface area contributed by atoms with Gasteiger partial charge in [0.25, 0.3) is 5.91 Å². The van der Waals surface area contributed by atoms with Gasteiger partial charge in [-0.15, -0.1) is 0 Å². The van der Waals surface area contributed by atoms with Crippen molar-refractivity contribution in [3.05, 3.63) is 29.1 Å². The Kier molecular flexibility index (Phi) is 5.41. The number of aromatic nitrogens is 1. The van der Waals surface area contributed by atoms with E-state index in [0.29, 0.717) is 12.0 Å². The molecule has 4 rings (SSSR count). The van der Waals surface area contributed by atoms with Gasteiger partial charge in [-0.25, -0.2) is 0 Å². The highest BCUT2D eigenvalue weighted by Crippen LogP contribution is 2.40. The first-order valence-electron chi connectivity index (χ1n) is 10.6. The molecule has 3 saturated heterocycles. The molecule has 28 heavy (non-hydrogen) atoms. The first-order chi connectivity index (χ1) is 13.5. The second kappa shape index (κ2) is 7.82. The SMILES string of the molecule is Cc1cc(C)c(C(=O)N2CCC3(CCC(=O)N(C[C@@H]4CCCO4)C3)CC2)cn1. The summed E-state index contributed by atoms with van der Waals surface area (Å²) in [5, 5.41) is 0. The Morgan fingerprint density at radius 3 is 2.75 bits per heavy atom. The zero-order valence-electron chi connectivity index (χ0n) is 17.1. The molecule has 0 aliphatic carbocycles. The number of hydrogen-bond donors (Lipinski definition) is 0. The third-order valence-electron chi connectivity index (χ3n) is 6.79. The number of carbonyl (C=O) groups excluding carboxylic acids is 2. The molecule has 6 nitrogen and oxygen atoms in total. The summed E-state index contributed by atoms with van der Waals surface area (Å²) in [4.78, 5) is 33.7. The van der Waals surface area contributed by atoms with Crippen LogP contribution in [0.1, 0.15) is 60.1 Å². The molecule has 1 aromatic rings. The fourth-order valence-electron chi connectivity index (χ4n) is 4.99. The van der Waals surface area contributed by atoms with Crippen LogP contribution in [0.15, 0.2) is 12.3 Å². The van der Waals surface area contributed by atoms with Gasteiger partial charge in [-0.05, 0) is 63.0 Å². The molecular formula is C22H31N3O3. The number of rotatable bonds is 3. The summed E-state index contributed by atoms with van der Waals surface area (Å²) >= 11 is 0. The van der Waals surface area contributed by atoms with Gasteiger partial charge in [0.15, 0.2) is 0 Å². The second-order valence-corrected chi connectivity index (χ2v) is 8.84. The number of aryl methyl sites for hydroxylation is 2. The Labute approximate surface area is 167 Å². The first-order valence-corrected chi connectivity index (χ1v) is 10.6. The lowest BCUT2D eigenvalue weighted by Gasteiger charge is -2.47. The minimum Gasteiger partial charge on any atom is -0.376 e. The van der Waals surface area contributed by atoms with E-state index in [1.807, 2.05) is 29.7 Å². The van der Waals surface area contributed by atoms with E-state index in [1.54, 1.807) is 6.20 Å². The van der Waals surface area contributed by atoms with Gasteiger partial charge in [0.05, 0.1) is 11.7 Å². The predicted octanol–water partition coefficient (Wildman–Crippen LogP) is 2.72. The molecule has 0 bridgehead atoms. The van der Waals surface area contributed by atoms with Crippen molar-refractivity contribution in [2.24, 2.45) is 5.41 Å². The van der Waals surface area contributed by atoms with Crippen molar-refractivity contribution in [3.63, 3.8) is 0 Å². The van der Waals surface area contributed by atoms with Gasteiger partial charge in [0, 0.05) is 51.1 Å². The van der Waals surface area contributed by atoms with E-state index in [9.17, 15) is 9.59 Å². The Morgan fingerprint density at radius 1 is 1.29 bits per heavy atom. The highest BCUT2D eigenvalue weighted by Gasteiger charge is 2.42. The maximum atomic E-state index is 13.0. The smallest absolute Gasteiger partial charge is 0.255 e. The minimum atomic E-state index is 0.0861. The molecule has 1 aromatic heterocycles. The van der Waals surface area contributed by atoms with Crippen LogP contribution in [0.25, 0.3) is 0 Å². The molecule has 0 saturated carbocycles. The molecule has 0 aromatic carbocycles. The van der Waals surface area contributed by atoms with Gasteiger partial charge in [0.1, 0.15) is 0 Å². The van der Waals surface area contributed by atoms with E-state index >= 15 is 0 Å². The molecule has 2 amide bonds. The lowest BCUT2D eigenvalue weighted by molar-refractivity contribution is -0.141. The summed E-state index contributed by atoms with van der Waals surface area (Å²) in [6.45, 7) is 7.81. The Morgan fingerprint density at radius 2 is 2.07 bits per heavy atom. The lowest BCUT2D eigenvalue weighted by atomic mass is 9.72. The number of likely N-dealkylation sites (tertiary alicyclic amines) is 2. The fourth-order valence-corrected chi connectivity index (χ4v) is 4.99. The molecule has 152 valence electrons. The molecule has 0 N–H and O–H groups in total. The summed E-state index contributed by atoms with van der Waals surface area (Å²) in [6, 6.07) is 1.97. The number of amides is 2. The molecule has 4 heterocycles. The number of nitrogens with zero attached hydrogens (tertiary/aromatic N) is 3. The van der Waals surface area contributed by atoms with Crippen molar-refractivity contribution in [2.75, 3.05) is 32.8 Å². The topological polar surface area (TPSA) is 62.7 Å². The van der Waals surface area contributed by atoms with E-state index in [4.69, 9.17) is 4.74 Å². The van der Waals surface area contributed by atoms with Gasteiger partial charge in [-0.3, -0.25) is 14.6 Å². The molecular weight excluding hydrogens is 354 g/mol. The number of carbonyl (C=O) groups is 2. The first kappa shape index (κ1) is 19.4. The van der Waals surface area contributed by atoms with Crippen LogP contribution >= 0.6 is 0 Å². The molecule has 6 heteroatoms. The van der Waals surface area contributed by atoms with Crippen molar-refractivity contribution in [1.82, 2.24) is 14.8 Å². The molecule has 3 aliphatic rings. The highest BCUT2D eigenvalue weighted by atomic mass is 16.5. The van der Waals surface area contributed by atoms with Crippen LogP contribution in [-0.2, 0) is 9.53 Å². The molecule has 1 spiro atoms. The average molecular weight is 386 g/mol. The van der Waals surface area contributed by atoms with E-state index < -0.39 is 0 Å². The summed E-state index contributed by atoms with van der Waals surface area (Å²) in [5.41, 5.74) is 2.79. The van der Waals surface area contributed by atoms with Gasteiger partial charge >= 0.3 is 0 Å². The number of pyridine rings is 1. The number of piperidine rings is 2. The van der Waals surface area contributed by atoms with E-state index in [1.165, 1.54) is 0 Å². The lowest BCUT2D eigenvalue weighted by Crippen LogP contribution is -2.53. The van der Waals surface area contributed by atoms with Gasteiger partial charge in [0.2, 0.25) is 5.91 Å². The fraction of sp³-hybridized carbons (Fsp3) is 0.682. The van der Waals surface area contributed by atoms with Crippen LogP contribution in [-0.4, -0.2) is 65.5 Å². The van der Waals surface area contributed by atoms with Crippen LogP contribution < -0.4 is 0 Å². The Hall–Kier alpha value is -1.95. The van der Waals surface area contributed by atoms with Crippen molar-refractivity contribution in [1.29, 1.82) is 0 Å². The quantitative estimate of drug-likeness (QED) is 0.803. The van der Waals surface area contributed by atoms with E-state index in [0.717, 1.165) is 76.1 Å². The van der Waals surface area contributed by atoms with Gasteiger partial charge in [-0.2, -0.15) is 0 Å². The molecule has 0 radical (unpaired) electrons. The van der Waals surface area contributed by atoms with Gasteiger partial charge in [-0.1, -0.05) is 0 Å². The molecule has 1 atom stereocenters. The summed E-state index contributed by atoms with van der Waals surface area (Å²) in [6.07, 6.45) is 7.57. The van der Waals surface area contributed by atoms with Crippen LogP contribution in [0.2, 0.25) is 0 Å². The van der Waals surface area contributed by atoms with Crippen molar-refractivity contribution >= 4 is 11.8 Å². The largest absolute Gasteiger partial charge is 0.376 e. The van der Waals surface area contributed by atoms with E-state index in [-0.39, 0.29) is 23.3 Å². The van der Waals surface area contributed by atoms with Crippen molar-refractivity contribution < 1.29 is 14.3 Å². The molecule has 0 unspecified atom stereocenters. The Bertz CT molecular complexity index is 749. The van der Waals surface area contributed by atoms with Crippen LogP contribution in [0, 0.1) is 19.3 Å². The highest BCUT2D eigenvalue weighted by molar-refractivity contribution is 5.95. The molecule has 3 fully saturated rings. The summed E-state index contributed by atoms with van der Waals surface area (Å²) in [5.74, 6) is 0.351. The monoisotopic (exact) mass is 385 g/mol. The third kappa shape index (κ3) is 3.93. The van der Waals surface area contributed by atoms with E-state index in [2.05, 4.69) is 4.98 Å². The van der Waals surface area contributed by atoms with Crippen LogP contribution in [0.4, 0.5) is 0 Å².